The summed E-state index contributed by atoms with van der Waals surface area (Å²) in [6, 6.07) is 10.4. The van der Waals surface area contributed by atoms with Crippen molar-refractivity contribution in [2.75, 3.05) is 26.7 Å². The van der Waals surface area contributed by atoms with Crippen molar-refractivity contribution in [3.05, 3.63) is 35.9 Å². The SMILES string of the molecule is CN(CCCCCO)CCC(N)c1ccccc1. The van der Waals surface area contributed by atoms with Gasteiger partial charge in [-0.05, 0) is 51.4 Å². The first-order valence-corrected chi connectivity index (χ1v) is 6.84. The van der Waals surface area contributed by atoms with Gasteiger partial charge in [-0.25, -0.2) is 0 Å². The Morgan fingerprint density at radius 3 is 2.50 bits per heavy atom. The van der Waals surface area contributed by atoms with E-state index in [2.05, 4.69) is 24.1 Å². The molecule has 0 fully saturated rings. The molecule has 0 saturated carbocycles. The fourth-order valence-electron chi connectivity index (χ4n) is 2.01. The summed E-state index contributed by atoms with van der Waals surface area (Å²) in [7, 11) is 2.14. The Balaban J connectivity index is 2.16. The summed E-state index contributed by atoms with van der Waals surface area (Å²) in [4.78, 5) is 2.32. The van der Waals surface area contributed by atoms with E-state index < -0.39 is 0 Å². The molecule has 102 valence electrons. The monoisotopic (exact) mass is 250 g/mol. The minimum Gasteiger partial charge on any atom is -0.396 e. The molecule has 1 rings (SSSR count). The van der Waals surface area contributed by atoms with Gasteiger partial charge in [-0.3, -0.25) is 0 Å². The molecule has 0 aliphatic rings. The number of hydrogen-bond acceptors (Lipinski definition) is 3. The summed E-state index contributed by atoms with van der Waals surface area (Å²) in [5, 5.41) is 8.70. The highest BCUT2D eigenvalue weighted by molar-refractivity contribution is 5.18. The maximum atomic E-state index is 8.70. The van der Waals surface area contributed by atoms with Gasteiger partial charge in [0.25, 0.3) is 0 Å². The predicted octanol–water partition coefficient (Wildman–Crippen LogP) is 2.17. The molecule has 3 heteroatoms. The number of hydrogen-bond donors (Lipinski definition) is 2. The molecule has 3 N–H and O–H groups in total. The standard InChI is InChI=1S/C15H26N2O/c1-17(11-6-3-7-13-18)12-10-15(16)14-8-4-2-5-9-14/h2,4-5,8-9,15,18H,3,6-7,10-13,16H2,1H3. The van der Waals surface area contributed by atoms with Crippen LogP contribution >= 0.6 is 0 Å². The van der Waals surface area contributed by atoms with Crippen molar-refractivity contribution in [2.45, 2.75) is 31.7 Å². The molecule has 0 spiro atoms. The first-order chi connectivity index (χ1) is 8.74. The minimum atomic E-state index is 0.131. The highest BCUT2D eigenvalue weighted by atomic mass is 16.2. The van der Waals surface area contributed by atoms with Gasteiger partial charge in [0.05, 0.1) is 0 Å². The van der Waals surface area contributed by atoms with Gasteiger partial charge in [0.1, 0.15) is 0 Å². The van der Waals surface area contributed by atoms with Gasteiger partial charge in [-0.15, -0.1) is 0 Å². The Morgan fingerprint density at radius 2 is 1.83 bits per heavy atom. The van der Waals surface area contributed by atoms with E-state index in [0.717, 1.165) is 38.8 Å². The zero-order chi connectivity index (χ0) is 13.2. The first kappa shape index (κ1) is 15.2. The molecule has 0 aliphatic carbocycles. The number of rotatable bonds is 9. The van der Waals surface area contributed by atoms with E-state index >= 15 is 0 Å². The Bertz CT molecular complexity index is 303. The molecule has 0 saturated heterocycles. The number of aliphatic hydroxyl groups excluding tert-OH is 1. The Hall–Kier alpha value is -0.900. The molecule has 1 unspecified atom stereocenters. The van der Waals surface area contributed by atoms with Gasteiger partial charge in [0.15, 0.2) is 0 Å². The fourth-order valence-corrected chi connectivity index (χ4v) is 2.01. The van der Waals surface area contributed by atoms with Crippen molar-refractivity contribution < 1.29 is 5.11 Å². The van der Waals surface area contributed by atoms with Crippen LogP contribution in [0.4, 0.5) is 0 Å². The lowest BCUT2D eigenvalue weighted by Crippen LogP contribution is -2.24. The molecule has 0 aliphatic heterocycles. The predicted molar refractivity (Wildman–Crippen MR) is 76.4 cm³/mol. The molecular weight excluding hydrogens is 224 g/mol. The van der Waals surface area contributed by atoms with Crippen molar-refractivity contribution in [3.63, 3.8) is 0 Å². The summed E-state index contributed by atoms with van der Waals surface area (Å²) in [6.07, 6.45) is 4.15. The second-order valence-electron chi connectivity index (χ2n) is 4.89. The van der Waals surface area contributed by atoms with Crippen LogP contribution in [0, 0.1) is 0 Å². The molecule has 0 amide bonds. The highest BCUT2D eigenvalue weighted by Crippen LogP contribution is 2.13. The normalized spacial score (nSPS) is 12.9. The lowest BCUT2D eigenvalue weighted by molar-refractivity contribution is 0.270. The van der Waals surface area contributed by atoms with Crippen LogP contribution < -0.4 is 5.73 Å². The average molecular weight is 250 g/mol. The Labute approximate surface area is 111 Å². The lowest BCUT2D eigenvalue weighted by atomic mass is 10.0. The van der Waals surface area contributed by atoms with Crippen molar-refractivity contribution in [2.24, 2.45) is 5.73 Å². The quantitative estimate of drug-likeness (QED) is 0.660. The van der Waals surface area contributed by atoms with E-state index in [9.17, 15) is 0 Å². The molecule has 0 heterocycles. The third-order valence-electron chi connectivity index (χ3n) is 3.25. The zero-order valence-corrected chi connectivity index (χ0v) is 11.4. The summed E-state index contributed by atoms with van der Waals surface area (Å²) >= 11 is 0. The van der Waals surface area contributed by atoms with Gasteiger partial charge >= 0.3 is 0 Å². The average Bonchev–Trinajstić information content (AvgIpc) is 2.42. The van der Waals surface area contributed by atoms with Gasteiger partial charge in [-0.1, -0.05) is 30.3 Å². The molecule has 1 aromatic rings. The minimum absolute atomic E-state index is 0.131. The van der Waals surface area contributed by atoms with Crippen LogP contribution in [0.2, 0.25) is 0 Å². The summed E-state index contributed by atoms with van der Waals surface area (Å²) in [5.41, 5.74) is 7.37. The first-order valence-electron chi connectivity index (χ1n) is 6.84. The van der Waals surface area contributed by atoms with E-state index in [1.807, 2.05) is 18.2 Å². The van der Waals surface area contributed by atoms with Crippen LogP contribution in [0.3, 0.4) is 0 Å². The molecule has 18 heavy (non-hydrogen) atoms. The highest BCUT2D eigenvalue weighted by Gasteiger charge is 2.06. The van der Waals surface area contributed by atoms with E-state index in [0.29, 0.717) is 6.61 Å². The van der Waals surface area contributed by atoms with Crippen molar-refractivity contribution >= 4 is 0 Å². The molecule has 1 aromatic carbocycles. The molecule has 0 aromatic heterocycles. The third kappa shape index (κ3) is 6.15. The maximum absolute atomic E-state index is 8.70. The second kappa shape index (κ2) is 9.09. The number of aliphatic hydroxyl groups is 1. The Kier molecular flexibility index (Phi) is 7.65. The zero-order valence-electron chi connectivity index (χ0n) is 11.4. The van der Waals surface area contributed by atoms with Crippen molar-refractivity contribution in [3.8, 4) is 0 Å². The van der Waals surface area contributed by atoms with Gasteiger partial charge in [0, 0.05) is 12.6 Å². The lowest BCUT2D eigenvalue weighted by Gasteiger charge is -2.19. The second-order valence-corrected chi connectivity index (χ2v) is 4.89. The summed E-state index contributed by atoms with van der Waals surface area (Å²) < 4.78 is 0. The van der Waals surface area contributed by atoms with E-state index in [1.165, 1.54) is 5.56 Å². The molecule has 1 atom stereocenters. The van der Waals surface area contributed by atoms with E-state index in [4.69, 9.17) is 10.8 Å². The molecule has 0 radical (unpaired) electrons. The number of nitrogens with zero attached hydrogens (tertiary/aromatic N) is 1. The topological polar surface area (TPSA) is 49.5 Å². The van der Waals surface area contributed by atoms with Crippen LogP contribution in [0.25, 0.3) is 0 Å². The van der Waals surface area contributed by atoms with Gasteiger partial charge < -0.3 is 15.7 Å². The van der Waals surface area contributed by atoms with Crippen molar-refractivity contribution in [1.29, 1.82) is 0 Å². The number of nitrogens with two attached hydrogens (primary N) is 1. The van der Waals surface area contributed by atoms with Gasteiger partial charge in [0.2, 0.25) is 0 Å². The van der Waals surface area contributed by atoms with Crippen LogP contribution in [-0.2, 0) is 0 Å². The smallest absolute Gasteiger partial charge is 0.0431 e. The van der Waals surface area contributed by atoms with Crippen LogP contribution in [0.5, 0.6) is 0 Å². The maximum Gasteiger partial charge on any atom is 0.0431 e. The third-order valence-corrected chi connectivity index (χ3v) is 3.25. The number of unbranched alkanes of at least 4 members (excludes halogenated alkanes) is 2. The van der Waals surface area contributed by atoms with Crippen LogP contribution in [0.15, 0.2) is 30.3 Å². The number of benzene rings is 1. The van der Waals surface area contributed by atoms with E-state index in [1.54, 1.807) is 0 Å². The summed E-state index contributed by atoms with van der Waals surface area (Å²) in [6.45, 7) is 2.42. The largest absolute Gasteiger partial charge is 0.396 e. The van der Waals surface area contributed by atoms with E-state index in [-0.39, 0.29) is 6.04 Å². The fraction of sp³-hybridized carbons (Fsp3) is 0.600. The van der Waals surface area contributed by atoms with Gasteiger partial charge in [-0.2, -0.15) is 0 Å². The molecular formula is C15H26N2O. The van der Waals surface area contributed by atoms with Crippen molar-refractivity contribution in [1.82, 2.24) is 4.90 Å². The molecule has 0 bridgehead atoms. The summed E-state index contributed by atoms with van der Waals surface area (Å²) in [5.74, 6) is 0. The Morgan fingerprint density at radius 1 is 1.11 bits per heavy atom. The van der Waals surface area contributed by atoms with Crippen LogP contribution in [-0.4, -0.2) is 36.8 Å². The molecule has 3 nitrogen and oxygen atoms in total. The van der Waals surface area contributed by atoms with Crippen LogP contribution in [0.1, 0.15) is 37.3 Å².